The van der Waals surface area contributed by atoms with Gasteiger partial charge >= 0.3 is 0 Å². The van der Waals surface area contributed by atoms with Crippen LogP contribution in [0, 0.1) is 5.92 Å². The number of anilines is 1. The number of hydrazone groups is 1. The number of thiocarbonyl (C=S) groups is 1. The molecule has 2 atom stereocenters. The van der Waals surface area contributed by atoms with E-state index in [1.165, 1.54) is 19.3 Å². The molecule has 6 nitrogen and oxygen atoms in total. The van der Waals surface area contributed by atoms with Gasteiger partial charge in [-0.3, -0.25) is 10.2 Å². The highest BCUT2D eigenvalue weighted by Crippen LogP contribution is 2.24. The Morgan fingerprint density at radius 3 is 2.78 bits per heavy atom. The molecule has 1 aliphatic rings. The molecular weight excluding hydrogens is 360 g/mol. The summed E-state index contributed by atoms with van der Waals surface area (Å²) in [6.45, 7) is 5.98. The monoisotopic (exact) mass is 390 g/mol. The van der Waals surface area contributed by atoms with E-state index in [0.717, 1.165) is 12.8 Å². The molecule has 0 bridgehead atoms. The van der Waals surface area contributed by atoms with Gasteiger partial charge in [0.1, 0.15) is 5.75 Å². The van der Waals surface area contributed by atoms with E-state index in [1.54, 1.807) is 25.1 Å². The lowest BCUT2D eigenvalue weighted by molar-refractivity contribution is -0.116. The molecule has 1 aromatic carbocycles. The lowest BCUT2D eigenvalue weighted by Gasteiger charge is -2.30. The number of hydrogen-bond acceptors (Lipinski definition) is 4. The summed E-state index contributed by atoms with van der Waals surface area (Å²) in [6.07, 6.45) is 6.08. The number of nitrogens with one attached hydrogen (secondary N) is 3. The first-order valence-electron chi connectivity index (χ1n) is 9.64. The average molecular weight is 391 g/mol. The third-order valence-electron chi connectivity index (χ3n) is 4.90. The van der Waals surface area contributed by atoms with Crippen molar-refractivity contribution in [3.05, 3.63) is 23.8 Å². The number of aromatic hydroxyl groups is 1. The summed E-state index contributed by atoms with van der Waals surface area (Å²) >= 11 is 5.35. The predicted molar refractivity (Wildman–Crippen MR) is 114 cm³/mol. The number of phenols is 1. The van der Waals surface area contributed by atoms with Gasteiger partial charge in [0.25, 0.3) is 0 Å². The van der Waals surface area contributed by atoms with Gasteiger partial charge in [-0.15, -0.1) is 0 Å². The molecule has 0 unspecified atom stereocenters. The normalized spacial score (nSPS) is 20.0. The fraction of sp³-hybridized carbons (Fsp3) is 0.550. The maximum atomic E-state index is 11.8. The molecule has 1 saturated carbocycles. The second-order valence-electron chi connectivity index (χ2n) is 7.18. The zero-order valence-corrected chi connectivity index (χ0v) is 17.2. The highest BCUT2D eigenvalue weighted by atomic mass is 32.1. The summed E-state index contributed by atoms with van der Waals surface area (Å²) in [5.74, 6) is 0.649. The summed E-state index contributed by atoms with van der Waals surface area (Å²) in [7, 11) is 0. The van der Waals surface area contributed by atoms with Crippen molar-refractivity contribution in [2.75, 3.05) is 5.32 Å². The molecule has 0 spiro atoms. The molecule has 0 heterocycles. The molecule has 4 N–H and O–H groups in total. The van der Waals surface area contributed by atoms with Crippen molar-refractivity contribution in [1.29, 1.82) is 0 Å². The van der Waals surface area contributed by atoms with Crippen LogP contribution in [0.3, 0.4) is 0 Å². The Morgan fingerprint density at radius 2 is 2.07 bits per heavy atom. The maximum absolute atomic E-state index is 11.8. The van der Waals surface area contributed by atoms with Crippen LogP contribution in [0.2, 0.25) is 0 Å². The molecule has 0 aromatic heterocycles. The number of carbonyl (C=O) groups excluding carboxylic acids is 1. The minimum absolute atomic E-state index is 0.0474. The quantitative estimate of drug-likeness (QED) is 0.256. The Balaban J connectivity index is 1.99. The van der Waals surface area contributed by atoms with Crippen molar-refractivity contribution in [2.45, 2.75) is 65.3 Å². The van der Waals surface area contributed by atoms with E-state index < -0.39 is 0 Å². The highest BCUT2D eigenvalue weighted by Gasteiger charge is 2.21. The number of rotatable bonds is 6. The second-order valence-corrected chi connectivity index (χ2v) is 7.59. The Bertz CT molecular complexity index is 705. The summed E-state index contributed by atoms with van der Waals surface area (Å²) in [4.78, 5) is 11.8. The first-order valence-corrected chi connectivity index (χ1v) is 10.1. The molecule has 1 aromatic rings. The zero-order valence-electron chi connectivity index (χ0n) is 16.3. The Kier molecular flexibility index (Phi) is 8.03. The number of hydrogen-bond donors (Lipinski definition) is 4. The van der Waals surface area contributed by atoms with Gasteiger partial charge in [0.15, 0.2) is 5.11 Å². The minimum Gasteiger partial charge on any atom is -0.507 e. The van der Waals surface area contributed by atoms with E-state index >= 15 is 0 Å². The smallest absolute Gasteiger partial charge is 0.224 e. The van der Waals surface area contributed by atoms with Gasteiger partial charge in [-0.1, -0.05) is 26.7 Å². The van der Waals surface area contributed by atoms with Crippen LogP contribution in [-0.2, 0) is 4.79 Å². The first-order chi connectivity index (χ1) is 12.9. The largest absolute Gasteiger partial charge is 0.507 e. The van der Waals surface area contributed by atoms with Crippen LogP contribution in [0.4, 0.5) is 5.69 Å². The van der Waals surface area contributed by atoms with E-state index in [2.05, 4.69) is 28.1 Å². The number of nitrogens with zero attached hydrogens (tertiary/aromatic N) is 1. The van der Waals surface area contributed by atoms with Crippen LogP contribution >= 0.6 is 12.2 Å². The van der Waals surface area contributed by atoms with Crippen molar-refractivity contribution in [3.8, 4) is 5.75 Å². The molecule has 0 radical (unpaired) electrons. The lowest BCUT2D eigenvalue weighted by atomic mass is 9.86. The average Bonchev–Trinajstić information content (AvgIpc) is 2.63. The van der Waals surface area contributed by atoms with Crippen LogP contribution in [0.5, 0.6) is 5.75 Å². The first kappa shape index (κ1) is 21.2. The number of amides is 1. The molecule has 1 aliphatic carbocycles. The van der Waals surface area contributed by atoms with Gasteiger partial charge in [0, 0.05) is 23.7 Å². The van der Waals surface area contributed by atoms with Crippen molar-refractivity contribution < 1.29 is 9.90 Å². The van der Waals surface area contributed by atoms with Gasteiger partial charge in [-0.05, 0) is 62.5 Å². The summed E-state index contributed by atoms with van der Waals surface area (Å²) in [5.41, 5.74) is 4.63. The van der Waals surface area contributed by atoms with Gasteiger partial charge in [-0.25, -0.2) is 0 Å². The number of benzene rings is 1. The predicted octanol–water partition coefficient (Wildman–Crippen LogP) is 3.90. The standard InChI is InChI=1S/C20H30N4O2S/c1-4-7-19(26)21-15-10-11-18(25)16(12-15)14(3)23-24-20(27)22-17-9-6-5-8-13(17)2/h10-13,17,25H,4-9H2,1-3H3,(H,21,26)(H2,22,24,27)/b23-14+/t13-,17-/m1/s1. The third kappa shape index (κ3) is 6.50. The van der Waals surface area contributed by atoms with Crippen LogP contribution in [0.1, 0.15) is 64.9 Å². The molecule has 27 heavy (non-hydrogen) atoms. The van der Waals surface area contributed by atoms with E-state index in [0.29, 0.717) is 40.5 Å². The minimum atomic E-state index is -0.0474. The maximum Gasteiger partial charge on any atom is 0.224 e. The third-order valence-corrected chi connectivity index (χ3v) is 5.11. The molecule has 1 amide bonds. The fourth-order valence-corrected chi connectivity index (χ4v) is 3.48. The van der Waals surface area contributed by atoms with E-state index in [4.69, 9.17) is 12.2 Å². The molecule has 2 rings (SSSR count). The Morgan fingerprint density at radius 1 is 1.33 bits per heavy atom. The summed E-state index contributed by atoms with van der Waals surface area (Å²) in [6, 6.07) is 5.31. The summed E-state index contributed by atoms with van der Waals surface area (Å²) < 4.78 is 0. The topological polar surface area (TPSA) is 85.8 Å². The van der Waals surface area contributed by atoms with Gasteiger partial charge < -0.3 is 15.7 Å². The van der Waals surface area contributed by atoms with E-state index in [1.807, 2.05) is 6.92 Å². The van der Waals surface area contributed by atoms with Crippen LogP contribution in [0.25, 0.3) is 0 Å². The van der Waals surface area contributed by atoms with Crippen molar-refractivity contribution in [2.24, 2.45) is 11.0 Å². The van der Waals surface area contributed by atoms with E-state index in [-0.39, 0.29) is 11.7 Å². The second kappa shape index (κ2) is 10.3. The SMILES string of the molecule is CCCC(=O)Nc1ccc(O)c(/C(C)=N/NC(=S)N[C@@H]2CCCC[C@H]2C)c1. The molecule has 0 saturated heterocycles. The van der Waals surface area contributed by atoms with Crippen LogP contribution in [-0.4, -0.2) is 27.9 Å². The zero-order chi connectivity index (χ0) is 19.8. The van der Waals surface area contributed by atoms with Crippen molar-refractivity contribution in [3.63, 3.8) is 0 Å². The molecule has 148 valence electrons. The summed E-state index contributed by atoms with van der Waals surface area (Å²) in [5, 5.41) is 21.1. The van der Waals surface area contributed by atoms with Crippen molar-refractivity contribution in [1.82, 2.24) is 10.7 Å². The molecule has 1 fully saturated rings. The Labute approximate surface area is 166 Å². The van der Waals surface area contributed by atoms with Gasteiger partial charge in [0.05, 0.1) is 5.71 Å². The number of phenolic OH excluding ortho intramolecular Hbond substituents is 1. The molecular formula is C20H30N4O2S. The number of carbonyl (C=O) groups is 1. The Hall–Kier alpha value is -2.15. The van der Waals surface area contributed by atoms with Crippen molar-refractivity contribution >= 4 is 34.6 Å². The van der Waals surface area contributed by atoms with Gasteiger partial charge in [-0.2, -0.15) is 5.10 Å². The molecule has 0 aliphatic heterocycles. The van der Waals surface area contributed by atoms with Crippen LogP contribution in [0.15, 0.2) is 23.3 Å². The lowest BCUT2D eigenvalue weighted by Crippen LogP contribution is -2.44. The molecule has 7 heteroatoms. The van der Waals surface area contributed by atoms with Crippen LogP contribution < -0.4 is 16.1 Å². The van der Waals surface area contributed by atoms with E-state index in [9.17, 15) is 9.90 Å². The fourth-order valence-electron chi connectivity index (χ4n) is 3.28. The highest BCUT2D eigenvalue weighted by molar-refractivity contribution is 7.80. The van der Waals surface area contributed by atoms with Gasteiger partial charge in [0.2, 0.25) is 5.91 Å².